The summed E-state index contributed by atoms with van der Waals surface area (Å²) in [7, 11) is 0. The van der Waals surface area contributed by atoms with E-state index in [1.807, 2.05) is 17.4 Å². The average molecular weight is 541 g/mol. The summed E-state index contributed by atoms with van der Waals surface area (Å²) in [5.74, 6) is 0. The van der Waals surface area contributed by atoms with E-state index >= 15 is 0 Å². The molecule has 4 heteroatoms. The first-order valence-electron chi connectivity index (χ1n) is 13.6. The van der Waals surface area contributed by atoms with Gasteiger partial charge in [-0.3, -0.25) is 0 Å². The van der Waals surface area contributed by atoms with Crippen LogP contribution in [0.5, 0.6) is 0 Å². The molecule has 0 atom stereocenters. The molecule has 0 fully saturated rings. The predicted molar refractivity (Wildman–Crippen MR) is 173 cm³/mol. The van der Waals surface area contributed by atoms with Crippen molar-refractivity contribution in [3.05, 3.63) is 133 Å². The Hall–Kier alpha value is -5.37. The van der Waals surface area contributed by atoms with Crippen LogP contribution >= 0.6 is 11.3 Å². The second-order valence-electron chi connectivity index (χ2n) is 10.4. The summed E-state index contributed by atoms with van der Waals surface area (Å²) in [5, 5.41) is 6.94. The van der Waals surface area contributed by atoms with Crippen molar-refractivity contribution in [3.63, 3.8) is 0 Å². The highest BCUT2D eigenvalue weighted by Gasteiger charge is 2.19. The van der Waals surface area contributed by atoms with Crippen LogP contribution in [-0.4, -0.2) is 4.57 Å². The number of aromatic nitrogens is 1. The first-order valence-corrected chi connectivity index (χ1v) is 14.4. The molecule has 190 valence electrons. The highest BCUT2D eigenvalue weighted by Crippen LogP contribution is 2.43. The Morgan fingerprint density at radius 1 is 0.537 bits per heavy atom. The monoisotopic (exact) mass is 540 g/mol. The molecule has 0 aliphatic carbocycles. The van der Waals surface area contributed by atoms with Crippen LogP contribution in [0.4, 0.5) is 5.69 Å². The molecule has 3 aromatic heterocycles. The van der Waals surface area contributed by atoms with Crippen molar-refractivity contribution < 1.29 is 4.42 Å². The standard InChI is InChI=1S/C37H20N2OS/c1-38-30-20-23(22-17-18-27-26-11-4-7-16-34(26)41-35(27)21-22)19-29-28-12-8-15-33(37(28)40-36(29)30)39-31-13-5-2-9-24(31)25-10-3-6-14-32(25)39/h2-21H. The Kier molecular flexibility index (Phi) is 4.55. The molecule has 0 bridgehead atoms. The summed E-state index contributed by atoms with van der Waals surface area (Å²) in [5.41, 5.74) is 7.30. The Balaban J connectivity index is 1.31. The van der Waals surface area contributed by atoms with Crippen LogP contribution in [0, 0.1) is 6.57 Å². The average Bonchev–Trinajstić information content (AvgIpc) is 3.70. The Labute approximate surface area is 238 Å². The largest absolute Gasteiger partial charge is 0.465 e. The van der Waals surface area contributed by atoms with Crippen molar-refractivity contribution >= 4 is 80.9 Å². The van der Waals surface area contributed by atoms with Crippen LogP contribution in [0.2, 0.25) is 0 Å². The van der Waals surface area contributed by atoms with Gasteiger partial charge in [-0.15, -0.1) is 11.3 Å². The van der Waals surface area contributed by atoms with Gasteiger partial charge in [0.25, 0.3) is 0 Å². The molecule has 9 rings (SSSR count). The van der Waals surface area contributed by atoms with Crippen molar-refractivity contribution in [3.8, 4) is 16.8 Å². The first-order chi connectivity index (χ1) is 20.3. The number of furan rings is 1. The number of nitrogens with zero attached hydrogens (tertiary/aromatic N) is 2. The minimum absolute atomic E-state index is 0.526. The van der Waals surface area contributed by atoms with E-state index in [0.29, 0.717) is 11.3 Å². The molecule has 0 N–H and O–H groups in total. The summed E-state index contributed by atoms with van der Waals surface area (Å²) >= 11 is 1.81. The number of fused-ring (bicyclic) bond motifs is 9. The lowest BCUT2D eigenvalue weighted by molar-refractivity contribution is 0.668. The maximum Gasteiger partial charge on any atom is 0.230 e. The van der Waals surface area contributed by atoms with E-state index < -0.39 is 0 Å². The number of rotatable bonds is 2. The van der Waals surface area contributed by atoms with Gasteiger partial charge in [0.1, 0.15) is 5.58 Å². The molecule has 3 nitrogen and oxygen atoms in total. The zero-order chi connectivity index (χ0) is 27.1. The Morgan fingerprint density at radius 2 is 1.22 bits per heavy atom. The minimum Gasteiger partial charge on any atom is -0.465 e. The van der Waals surface area contributed by atoms with E-state index in [2.05, 4.69) is 125 Å². The Morgan fingerprint density at radius 3 is 2.00 bits per heavy atom. The first kappa shape index (κ1) is 22.4. The third-order valence-corrected chi connectivity index (χ3v) is 9.34. The lowest BCUT2D eigenvalue weighted by atomic mass is 10.0. The number of thiophene rings is 1. The second-order valence-corrected chi connectivity index (χ2v) is 11.5. The van der Waals surface area contributed by atoms with Gasteiger partial charge in [0.2, 0.25) is 5.69 Å². The molecule has 0 unspecified atom stereocenters. The maximum absolute atomic E-state index is 8.03. The molecule has 6 aromatic carbocycles. The van der Waals surface area contributed by atoms with Crippen LogP contribution in [0.25, 0.3) is 85.6 Å². The van der Waals surface area contributed by atoms with E-state index in [0.717, 1.165) is 44.2 Å². The molecule has 0 aliphatic heterocycles. The molecule has 9 aromatic rings. The molecule has 0 aliphatic rings. The highest BCUT2D eigenvalue weighted by atomic mass is 32.1. The zero-order valence-electron chi connectivity index (χ0n) is 21.8. The summed E-state index contributed by atoms with van der Waals surface area (Å²) in [6.45, 7) is 8.03. The van der Waals surface area contributed by atoms with Gasteiger partial charge in [0.15, 0.2) is 5.58 Å². The van der Waals surface area contributed by atoms with Crippen molar-refractivity contribution in [2.24, 2.45) is 0 Å². The van der Waals surface area contributed by atoms with Crippen LogP contribution in [-0.2, 0) is 0 Å². The minimum atomic E-state index is 0.526. The fourth-order valence-corrected chi connectivity index (χ4v) is 7.53. The van der Waals surface area contributed by atoms with Crippen molar-refractivity contribution in [2.45, 2.75) is 0 Å². The number of para-hydroxylation sites is 3. The van der Waals surface area contributed by atoms with Crippen molar-refractivity contribution in [1.82, 2.24) is 4.57 Å². The van der Waals surface area contributed by atoms with E-state index in [-0.39, 0.29) is 0 Å². The topological polar surface area (TPSA) is 22.4 Å². The van der Waals surface area contributed by atoms with Crippen LogP contribution in [0.1, 0.15) is 0 Å². The fraction of sp³-hybridized carbons (Fsp3) is 0. The SMILES string of the molecule is [C-]#[N+]c1cc(-c2ccc3c(c2)sc2ccccc23)cc2c1oc1c(-n3c4ccccc4c4ccccc43)cccc12. The molecule has 0 amide bonds. The van der Waals surface area contributed by atoms with Crippen molar-refractivity contribution in [2.75, 3.05) is 0 Å². The molecule has 41 heavy (non-hydrogen) atoms. The van der Waals surface area contributed by atoms with Crippen LogP contribution in [0.3, 0.4) is 0 Å². The molecular formula is C37H20N2OS. The number of hydrogen-bond donors (Lipinski definition) is 0. The van der Waals surface area contributed by atoms with E-state index in [4.69, 9.17) is 11.0 Å². The second kappa shape index (κ2) is 8.32. The van der Waals surface area contributed by atoms with Gasteiger partial charge in [0.05, 0.1) is 23.3 Å². The molecule has 0 saturated carbocycles. The number of hydrogen-bond acceptors (Lipinski definition) is 2. The Bertz CT molecular complexity index is 2500. The number of benzene rings is 6. The molecule has 0 radical (unpaired) electrons. The van der Waals surface area contributed by atoms with E-state index in [9.17, 15) is 0 Å². The lowest BCUT2D eigenvalue weighted by Crippen LogP contribution is -1.93. The fourth-order valence-electron chi connectivity index (χ4n) is 6.38. The zero-order valence-corrected chi connectivity index (χ0v) is 22.6. The van der Waals surface area contributed by atoms with Gasteiger partial charge in [-0.05, 0) is 53.6 Å². The third-order valence-electron chi connectivity index (χ3n) is 8.21. The normalized spacial score (nSPS) is 11.9. The molecule has 0 saturated heterocycles. The van der Waals surface area contributed by atoms with E-state index in [1.54, 1.807) is 0 Å². The summed E-state index contributed by atoms with van der Waals surface area (Å²) in [6, 6.07) is 42.6. The highest BCUT2D eigenvalue weighted by molar-refractivity contribution is 7.25. The maximum atomic E-state index is 8.03. The molecular weight excluding hydrogens is 520 g/mol. The van der Waals surface area contributed by atoms with Gasteiger partial charge < -0.3 is 8.98 Å². The third kappa shape index (κ3) is 3.12. The van der Waals surface area contributed by atoms with Gasteiger partial charge in [-0.1, -0.05) is 78.9 Å². The summed E-state index contributed by atoms with van der Waals surface area (Å²) < 4.78 is 11.4. The smallest absolute Gasteiger partial charge is 0.230 e. The van der Waals surface area contributed by atoms with Crippen molar-refractivity contribution in [1.29, 1.82) is 0 Å². The summed E-state index contributed by atoms with van der Waals surface area (Å²) in [4.78, 5) is 3.92. The lowest BCUT2D eigenvalue weighted by Gasteiger charge is -2.08. The van der Waals surface area contributed by atoms with Crippen LogP contribution in [0.15, 0.2) is 126 Å². The molecule has 0 spiro atoms. The van der Waals surface area contributed by atoms with Gasteiger partial charge in [0, 0.05) is 41.7 Å². The van der Waals surface area contributed by atoms with Gasteiger partial charge in [-0.2, -0.15) is 0 Å². The van der Waals surface area contributed by atoms with Gasteiger partial charge >= 0.3 is 0 Å². The van der Waals surface area contributed by atoms with Crippen LogP contribution < -0.4 is 0 Å². The predicted octanol–water partition coefficient (Wildman–Crippen LogP) is 11.3. The quantitative estimate of drug-likeness (QED) is 0.200. The van der Waals surface area contributed by atoms with Gasteiger partial charge in [-0.25, -0.2) is 4.85 Å². The van der Waals surface area contributed by atoms with E-state index in [1.165, 1.54) is 30.9 Å². The molecule has 3 heterocycles. The summed E-state index contributed by atoms with van der Waals surface area (Å²) in [6.07, 6.45) is 0.